The monoisotopic (exact) mass is 302 g/mol. The maximum absolute atomic E-state index is 12.9. The van der Waals surface area contributed by atoms with Crippen molar-refractivity contribution in [1.29, 1.82) is 0 Å². The molecular weight excluding hydrogens is 285 g/mol. The Kier molecular flexibility index (Phi) is 5.34. The summed E-state index contributed by atoms with van der Waals surface area (Å²) in [6.07, 6.45) is -4.10. The fourth-order valence-corrected chi connectivity index (χ4v) is 1.88. The Bertz CT molecular complexity index is 529. The van der Waals surface area contributed by atoms with Crippen LogP contribution in [0.2, 0.25) is 0 Å². The van der Waals surface area contributed by atoms with E-state index in [-0.39, 0.29) is 5.92 Å². The van der Waals surface area contributed by atoms with Gasteiger partial charge in [-0.05, 0) is 18.1 Å². The smallest absolute Gasteiger partial charge is 0.368 e. The van der Waals surface area contributed by atoms with E-state index in [1.807, 2.05) is 0 Å². The molecule has 0 aromatic heterocycles. The van der Waals surface area contributed by atoms with Crippen molar-refractivity contribution in [2.45, 2.75) is 32.5 Å². The van der Waals surface area contributed by atoms with Crippen LogP contribution in [0.3, 0.4) is 0 Å². The zero-order chi connectivity index (χ0) is 16.2. The third-order valence-electron chi connectivity index (χ3n) is 3.28. The minimum atomic E-state index is -4.65. The fourth-order valence-electron chi connectivity index (χ4n) is 1.88. The Morgan fingerprint density at radius 2 is 1.86 bits per heavy atom. The van der Waals surface area contributed by atoms with Gasteiger partial charge in [-0.25, -0.2) is 0 Å². The van der Waals surface area contributed by atoms with Crippen molar-refractivity contribution >= 4 is 11.8 Å². The summed E-state index contributed by atoms with van der Waals surface area (Å²) in [6, 6.07) is 3.39. The molecule has 4 nitrogen and oxygen atoms in total. The van der Waals surface area contributed by atoms with Crippen molar-refractivity contribution in [1.82, 2.24) is 5.32 Å². The summed E-state index contributed by atoms with van der Waals surface area (Å²) in [4.78, 5) is 23.4. The van der Waals surface area contributed by atoms with E-state index in [4.69, 9.17) is 5.73 Å². The number of hydrogen-bond acceptors (Lipinski definition) is 2. The second-order valence-corrected chi connectivity index (χ2v) is 4.78. The number of nitrogens with one attached hydrogen (secondary N) is 1. The zero-order valence-corrected chi connectivity index (χ0v) is 11.7. The van der Waals surface area contributed by atoms with E-state index in [1.165, 1.54) is 12.1 Å². The first kappa shape index (κ1) is 17.0. The lowest BCUT2D eigenvalue weighted by atomic mass is 9.97. The van der Waals surface area contributed by atoms with E-state index in [9.17, 15) is 22.8 Å². The normalized spacial score (nSPS) is 14.3. The average Bonchev–Trinajstić information content (AvgIpc) is 2.42. The Hall–Kier alpha value is -2.05. The molecule has 2 atom stereocenters. The van der Waals surface area contributed by atoms with Gasteiger partial charge in [-0.3, -0.25) is 9.59 Å². The molecule has 0 radical (unpaired) electrons. The number of carbonyl (C=O) groups excluding carboxylic acids is 2. The number of halogens is 3. The first-order chi connectivity index (χ1) is 9.68. The third kappa shape index (κ3) is 4.21. The van der Waals surface area contributed by atoms with Gasteiger partial charge in [0.05, 0.1) is 11.1 Å². The average molecular weight is 302 g/mol. The topological polar surface area (TPSA) is 72.2 Å². The molecule has 1 aromatic carbocycles. The number of hydrogen-bond donors (Lipinski definition) is 2. The van der Waals surface area contributed by atoms with Crippen LogP contribution in [0.1, 0.15) is 36.2 Å². The Balaban J connectivity index is 3.07. The molecule has 21 heavy (non-hydrogen) atoms. The third-order valence-corrected chi connectivity index (χ3v) is 3.28. The van der Waals surface area contributed by atoms with Crippen LogP contribution in [-0.2, 0) is 11.0 Å². The Morgan fingerprint density at radius 1 is 1.29 bits per heavy atom. The number of rotatable bonds is 5. The van der Waals surface area contributed by atoms with Gasteiger partial charge in [0.2, 0.25) is 5.91 Å². The fraction of sp³-hybridized carbons (Fsp3) is 0.429. The van der Waals surface area contributed by atoms with Crippen molar-refractivity contribution in [3.63, 3.8) is 0 Å². The highest BCUT2D eigenvalue weighted by molar-refractivity contribution is 5.98. The lowest BCUT2D eigenvalue weighted by Crippen LogP contribution is -2.48. The summed E-state index contributed by atoms with van der Waals surface area (Å²) in [5.74, 6) is -2.02. The molecule has 1 aromatic rings. The van der Waals surface area contributed by atoms with E-state index < -0.39 is 35.2 Å². The molecular formula is C14H17F3N2O2. The lowest BCUT2D eigenvalue weighted by Gasteiger charge is -2.22. The molecule has 0 spiro atoms. The summed E-state index contributed by atoms with van der Waals surface area (Å²) in [7, 11) is 0. The van der Waals surface area contributed by atoms with Gasteiger partial charge in [0.25, 0.3) is 5.91 Å². The molecule has 0 aliphatic carbocycles. The summed E-state index contributed by atoms with van der Waals surface area (Å²) in [5.41, 5.74) is 3.61. The summed E-state index contributed by atoms with van der Waals surface area (Å²) >= 11 is 0. The SMILES string of the molecule is CC[C@@H](C)[C@@H](NC(=O)c1ccccc1C(F)(F)F)C(N)=O. The predicted octanol–water partition coefficient (Wildman–Crippen LogP) is 2.34. The van der Waals surface area contributed by atoms with E-state index in [2.05, 4.69) is 5.32 Å². The van der Waals surface area contributed by atoms with Crippen LogP contribution in [0, 0.1) is 5.92 Å². The van der Waals surface area contributed by atoms with Crippen LogP contribution in [0.25, 0.3) is 0 Å². The number of carbonyl (C=O) groups is 2. The van der Waals surface area contributed by atoms with Crippen molar-refractivity contribution < 1.29 is 22.8 Å². The molecule has 2 amide bonds. The van der Waals surface area contributed by atoms with Gasteiger partial charge < -0.3 is 11.1 Å². The highest BCUT2D eigenvalue weighted by atomic mass is 19.4. The van der Waals surface area contributed by atoms with E-state index >= 15 is 0 Å². The Morgan fingerprint density at radius 3 is 2.33 bits per heavy atom. The van der Waals surface area contributed by atoms with E-state index in [0.717, 1.165) is 12.1 Å². The van der Waals surface area contributed by atoms with Crippen LogP contribution in [0.4, 0.5) is 13.2 Å². The van der Waals surface area contributed by atoms with Gasteiger partial charge in [-0.1, -0.05) is 32.4 Å². The molecule has 0 fully saturated rings. The second-order valence-electron chi connectivity index (χ2n) is 4.78. The van der Waals surface area contributed by atoms with Crippen LogP contribution in [0.15, 0.2) is 24.3 Å². The van der Waals surface area contributed by atoms with Gasteiger partial charge in [-0.2, -0.15) is 13.2 Å². The van der Waals surface area contributed by atoms with Gasteiger partial charge in [0.15, 0.2) is 0 Å². The lowest BCUT2D eigenvalue weighted by molar-refractivity contribution is -0.137. The highest BCUT2D eigenvalue weighted by Crippen LogP contribution is 2.31. The molecule has 0 unspecified atom stereocenters. The first-order valence-corrected chi connectivity index (χ1v) is 6.44. The number of nitrogens with two attached hydrogens (primary N) is 1. The van der Waals surface area contributed by atoms with Crippen molar-refractivity contribution in [2.24, 2.45) is 11.7 Å². The molecule has 1 rings (SSSR count). The zero-order valence-electron chi connectivity index (χ0n) is 11.7. The minimum absolute atomic E-state index is 0.274. The number of benzene rings is 1. The molecule has 7 heteroatoms. The predicted molar refractivity (Wildman–Crippen MR) is 71.3 cm³/mol. The molecule has 0 aliphatic heterocycles. The minimum Gasteiger partial charge on any atom is -0.368 e. The van der Waals surface area contributed by atoms with Crippen molar-refractivity contribution in [3.05, 3.63) is 35.4 Å². The van der Waals surface area contributed by atoms with Crippen LogP contribution < -0.4 is 11.1 Å². The van der Waals surface area contributed by atoms with Gasteiger partial charge >= 0.3 is 6.18 Å². The molecule has 0 saturated heterocycles. The number of alkyl halides is 3. The number of amides is 2. The van der Waals surface area contributed by atoms with Gasteiger partial charge in [0.1, 0.15) is 6.04 Å². The van der Waals surface area contributed by atoms with Gasteiger partial charge in [0, 0.05) is 0 Å². The highest BCUT2D eigenvalue weighted by Gasteiger charge is 2.35. The standard InChI is InChI=1S/C14H17F3N2O2/c1-3-8(2)11(12(18)20)19-13(21)9-6-4-5-7-10(9)14(15,16)17/h4-8,11H,3H2,1-2H3,(H2,18,20)(H,19,21)/t8-,11-/m1/s1. The quantitative estimate of drug-likeness (QED) is 0.876. The van der Waals surface area contributed by atoms with Crippen molar-refractivity contribution in [2.75, 3.05) is 0 Å². The first-order valence-electron chi connectivity index (χ1n) is 6.44. The molecule has 116 valence electrons. The molecule has 0 saturated carbocycles. The molecule has 0 bridgehead atoms. The van der Waals surface area contributed by atoms with E-state index in [0.29, 0.717) is 6.42 Å². The summed E-state index contributed by atoms with van der Waals surface area (Å²) in [6.45, 7) is 3.47. The molecule has 3 N–H and O–H groups in total. The van der Waals surface area contributed by atoms with Gasteiger partial charge in [-0.15, -0.1) is 0 Å². The summed E-state index contributed by atoms with van der Waals surface area (Å²) < 4.78 is 38.6. The largest absolute Gasteiger partial charge is 0.417 e. The maximum atomic E-state index is 12.9. The summed E-state index contributed by atoms with van der Waals surface area (Å²) in [5, 5.41) is 2.28. The Labute approximate surface area is 120 Å². The second kappa shape index (κ2) is 6.60. The molecule has 0 heterocycles. The maximum Gasteiger partial charge on any atom is 0.417 e. The van der Waals surface area contributed by atoms with Crippen LogP contribution in [-0.4, -0.2) is 17.9 Å². The van der Waals surface area contributed by atoms with E-state index in [1.54, 1.807) is 13.8 Å². The van der Waals surface area contributed by atoms with Crippen LogP contribution >= 0.6 is 0 Å². The van der Waals surface area contributed by atoms with Crippen molar-refractivity contribution in [3.8, 4) is 0 Å². The molecule has 0 aliphatic rings. The van der Waals surface area contributed by atoms with Crippen LogP contribution in [0.5, 0.6) is 0 Å². The number of primary amides is 1.